The van der Waals surface area contributed by atoms with Gasteiger partial charge in [-0.2, -0.15) is 0 Å². The molecule has 0 aliphatic carbocycles. The maximum absolute atomic E-state index is 14.2. The van der Waals surface area contributed by atoms with Crippen LogP contribution in [-0.4, -0.2) is 35.0 Å². The minimum absolute atomic E-state index is 0.0812. The number of benzene rings is 2. The van der Waals surface area contributed by atoms with Crippen LogP contribution in [0.2, 0.25) is 0 Å². The molecule has 0 bridgehead atoms. The van der Waals surface area contributed by atoms with Crippen LogP contribution < -0.4 is 0 Å². The van der Waals surface area contributed by atoms with Gasteiger partial charge in [0.1, 0.15) is 5.82 Å². The lowest BCUT2D eigenvalue weighted by Crippen LogP contribution is -2.47. The molecule has 0 saturated carbocycles. The van der Waals surface area contributed by atoms with Gasteiger partial charge in [-0.1, -0.05) is 37.3 Å². The van der Waals surface area contributed by atoms with E-state index in [1.807, 2.05) is 18.2 Å². The standard InChI is InChI=1S/C20H20FNO3/c1-20(15-6-3-2-4-7-15)10-5-11-22(13-20)18(23)16-9-8-14(19(24)25)12-17(16)21/h2-4,6-9,12H,5,10-11,13H2,1H3,(H,24,25). The summed E-state index contributed by atoms with van der Waals surface area (Å²) in [4.78, 5) is 25.3. The average molecular weight is 341 g/mol. The highest BCUT2D eigenvalue weighted by molar-refractivity contribution is 5.96. The number of carboxylic acid groups (broad SMARTS) is 1. The first-order valence-corrected chi connectivity index (χ1v) is 8.28. The molecule has 5 heteroatoms. The zero-order chi connectivity index (χ0) is 18.0. The zero-order valence-electron chi connectivity index (χ0n) is 14.0. The predicted octanol–water partition coefficient (Wildman–Crippen LogP) is 3.72. The van der Waals surface area contributed by atoms with Crippen molar-refractivity contribution < 1.29 is 19.1 Å². The Bertz CT molecular complexity index is 806. The topological polar surface area (TPSA) is 57.6 Å². The van der Waals surface area contributed by atoms with Crippen LogP contribution in [0.3, 0.4) is 0 Å². The summed E-state index contributed by atoms with van der Waals surface area (Å²) in [6.07, 6.45) is 1.80. The minimum Gasteiger partial charge on any atom is -0.478 e. The molecule has 1 fully saturated rings. The fraction of sp³-hybridized carbons (Fsp3) is 0.300. The van der Waals surface area contributed by atoms with Crippen LogP contribution in [0.1, 0.15) is 46.0 Å². The molecule has 0 aromatic heterocycles. The quantitative estimate of drug-likeness (QED) is 0.926. The molecule has 1 aliphatic heterocycles. The molecular formula is C20H20FNO3. The van der Waals surface area contributed by atoms with Crippen LogP contribution in [-0.2, 0) is 5.41 Å². The summed E-state index contributed by atoms with van der Waals surface area (Å²) in [5.74, 6) is -2.40. The number of likely N-dealkylation sites (tertiary alicyclic amines) is 1. The smallest absolute Gasteiger partial charge is 0.335 e. The molecule has 2 aromatic carbocycles. The zero-order valence-corrected chi connectivity index (χ0v) is 14.0. The van der Waals surface area contributed by atoms with Crippen LogP contribution in [0.4, 0.5) is 4.39 Å². The molecule has 3 rings (SSSR count). The van der Waals surface area contributed by atoms with Crippen molar-refractivity contribution in [1.82, 2.24) is 4.90 Å². The van der Waals surface area contributed by atoms with Crippen LogP contribution >= 0.6 is 0 Å². The van der Waals surface area contributed by atoms with E-state index >= 15 is 0 Å². The van der Waals surface area contributed by atoms with Gasteiger partial charge in [-0.3, -0.25) is 4.79 Å². The highest BCUT2D eigenvalue weighted by Gasteiger charge is 2.35. The molecule has 130 valence electrons. The number of carboxylic acids is 1. The Morgan fingerprint density at radius 1 is 1.16 bits per heavy atom. The first-order chi connectivity index (χ1) is 11.9. The number of hydrogen-bond acceptors (Lipinski definition) is 2. The van der Waals surface area contributed by atoms with E-state index in [4.69, 9.17) is 5.11 Å². The Balaban J connectivity index is 1.84. The number of hydrogen-bond donors (Lipinski definition) is 1. The number of carbonyl (C=O) groups is 2. The third-order valence-electron chi connectivity index (χ3n) is 4.90. The van der Waals surface area contributed by atoms with E-state index in [9.17, 15) is 14.0 Å². The maximum atomic E-state index is 14.2. The number of aromatic carboxylic acids is 1. The van der Waals surface area contributed by atoms with Gasteiger partial charge in [0.05, 0.1) is 11.1 Å². The Morgan fingerprint density at radius 2 is 1.88 bits per heavy atom. The van der Waals surface area contributed by atoms with Gasteiger partial charge in [-0.25, -0.2) is 9.18 Å². The van der Waals surface area contributed by atoms with Crippen LogP contribution in [0.15, 0.2) is 48.5 Å². The number of piperidine rings is 1. The Hall–Kier alpha value is -2.69. The van der Waals surface area contributed by atoms with Crippen molar-refractivity contribution in [1.29, 1.82) is 0 Å². The van der Waals surface area contributed by atoms with Gasteiger partial charge in [-0.15, -0.1) is 0 Å². The molecule has 1 heterocycles. The highest BCUT2D eigenvalue weighted by Crippen LogP contribution is 2.34. The maximum Gasteiger partial charge on any atom is 0.335 e. The predicted molar refractivity (Wildman–Crippen MR) is 92.3 cm³/mol. The molecule has 0 radical (unpaired) electrons. The van der Waals surface area contributed by atoms with Crippen LogP contribution in [0, 0.1) is 5.82 Å². The number of halogens is 1. The second-order valence-electron chi connectivity index (χ2n) is 6.76. The molecule has 1 amide bonds. The van der Waals surface area contributed by atoms with Crippen molar-refractivity contribution >= 4 is 11.9 Å². The summed E-state index contributed by atoms with van der Waals surface area (Å²) >= 11 is 0. The Kier molecular flexibility index (Phi) is 4.57. The Morgan fingerprint density at radius 3 is 2.52 bits per heavy atom. The van der Waals surface area contributed by atoms with Gasteiger partial charge in [-0.05, 0) is 36.6 Å². The number of amides is 1. The van der Waals surface area contributed by atoms with Gasteiger partial charge < -0.3 is 10.0 Å². The lowest BCUT2D eigenvalue weighted by molar-refractivity contribution is 0.0642. The molecule has 1 N–H and O–H groups in total. The molecule has 1 unspecified atom stereocenters. The minimum atomic E-state index is -1.22. The summed E-state index contributed by atoms with van der Waals surface area (Å²) in [6, 6.07) is 13.4. The first-order valence-electron chi connectivity index (χ1n) is 8.28. The van der Waals surface area contributed by atoms with Gasteiger partial charge in [0, 0.05) is 18.5 Å². The summed E-state index contributed by atoms with van der Waals surface area (Å²) in [6.45, 7) is 3.20. The van der Waals surface area contributed by atoms with Gasteiger partial charge >= 0.3 is 5.97 Å². The van der Waals surface area contributed by atoms with E-state index in [2.05, 4.69) is 19.1 Å². The van der Waals surface area contributed by atoms with Crippen molar-refractivity contribution in [3.8, 4) is 0 Å². The molecule has 1 aliphatic rings. The fourth-order valence-electron chi connectivity index (χ4n) is 3.48. The highest BCUT2D eigenvalue weighted by atomic mass is 19.1. The van der Waals surface area contributed by atoms with Gasteiger partial charge in [0.2, 0.25) is 0 Å². The van der Waals surface area contributed by atoms with E-state index in [1.54, 1.807) is 4.90 Å². The monoisotopic (exact) mass is 341 g/mol. The summed E-state index contributed by atoms with van der Waals surface area (Å²) in [7, 11) is 0. The fourth-order valence-corrected chi connectivity index (χ4v) is 3.48. The molecular weight excluding hydrogens is 321 g/mol. The van der Waals surface area contributed by atoms with Gasteiger partial charge in [0.15, 0.2) is 0 Å². The molecule has 0 spiro atoms. The second kappa shape index (κ2) is 6.67. The SMILES string of the molecule is CC1(c2ccccc2)CCCN(C(=O)c2ccc(C(=O)O)cc2F)C1. The Labute approximate surface area is 145 Å². The number of carbonyl (C=O) groups excluding carboxylic acids is 1. The van der Waals surface area contributed by atoms with Crippen molar-refractivity contribution in [3.63, 3.8) is 0 Å². The van der Waals surface area contributed by atoms with Crippen LogP contribution in [0.25, 0.3) is 0 Å². The van der Waals surface area contributed by atoms with E-state index < -0.39 is 17.7 Å². The normalized spacial score (nSPS) is 20.3. The van der Waals surface area contributed by atoms with Crippen molar-refractivity contribution in [2.45, 2.75) is 25.2 Å². The number of rotatable bonds is 3. The van der Waals surface area contributed by atoms with Crippen molar-refractivity contribution in [2.75, 3.05) is 13.1 Å². The molecule has 2 aromatic rings. The summed E-state index contributed by atoms with van der Waals surface area (Å²) in [5.41, 5.74) is 0.741. The van der Waals surface area contributed by atoms with E-state index in [0.717, 1.165) is 24.5 Å². The summed E-state index contributed by atoms with van der Waals surface area (Å²) < 4.78 is 14.2. The van der Waals surface area contributed by atoms with Crippen molar-refractivity contribution in [3.05, 3.63) is 71.0 Å². The van der Waals surface area contributed by atoms with Gasteiger partial charge in [0.25, 0.3) is 5.91 Å². The van der Waals surface area contributed by atoms with E-state index in [1.165, 1.54) is 12.1 Å². The largest absolute Gasteiger partial charge is 0.478 e. The van der Waals surface area contributed by atoms with E-state index in [-0.39, 0.29) is 16.5 Å². The van der Waals surface area contributed by atoms with Crippen LogP contribution in [0.5, 0.6) is 0 Å². The second-order valence-corrected chi connectivity index (χ2v) is 6.76. The lowest BCUT2D eigenvalue weighted by atomic mass is 9.76. The van der Waals surface area contributed by atoms with E-state index in [0.29, 0.717) is 13.1 Å². The molecule has 1 saturated heterocycles. The molecule has 25 heavy (non-hydrogen) atoms. The first kappa shape index (κ1) is 17.1. The summed E-state index contributed by atoms with van der Waals surface area (Å²) in [5, 5.41) is 8.92. The third kappa shape index (κ3) is 3.40. The van der Waals surface area contributed by atoms with Crippen molar-refractivity contribution in [2.24, 2.45) is 0 Å². The lowest BCUT2D eigenvalue weighted by Gasteiger charge is -2.41. The molecule has 4 nitrogen and oxygen atoms in total. The average Bonchev–Trinajstić information content (AvgIpc) is 2.62. The number of nitrogens with zero attached hydrogens (tertiary/aromatic N) is 1. The third-order valence-corrected chi connectivity index (χ3v) is 4.90. The molecule has 1 atom stereocenters.